The van der Waals surface area contributed by atoms with Gasteiger partial charge in [-0.25, -0.2) is 0 Å². The second-order valence-electron chi connectivity index (χ2n) is 3.28. The van der Waals surface area contributed by atoms with Gasteiger partial charge in [0.1, 0.15) is 5.75 Å². The molecule has 0 unspecified atom stereocenters. The first-order valence-electron chi connectivity index (χ1n) is 4.24. The van der Waals surface area contributed by atoms with Crippen molar-refractivity contribution in [3.05, 3.63) is 23.8 Å². The number of methoxy groups -OCH3 is 1. The summed E-state index contributed by atoms with van der Waals surface area (Å²) in [6.07, 6.45) is 2.63. The molecule has 1 aromatic rings. The van der Waals surface area contributed by atoms with E-state index in [0.717, 1.165) is 17.4 Å². The van der Waals surface area contributed by atoms with Crippen LogP contribution < -0.4 is 10.5 Å². The van der Waals surface area contributed by atoms with Gasteiger partial charge in [-0.2, -0.15) is 0 Å². The van der Waals surface area contributed by atoms with E-state index in [1.165, 1.54) is 18.4 Å². The molecule has 0 aromatic heterocycles. The molecule has 1 fully saturated rings. The van der Waals surface area contributed by atoms with Crippen molar-refractivity contribution in [1.29, 1.82) is 0 Å². The maximum Gasteiger partial charge on any atom is 0.142 e. The Morgan fingerprint density at radius 1 is 1.42 bits per heavy atom. The average Bonchev–Trinajstić information content (AvgIpc) is 2.88. The molecular formula is C10H13NO. The molecule has 64 valence electrons. The number of hydrogen-bond donors (Lipinski definition) is 1. The highest BCUT2D eigenvalue weighted by Crippen LogP contribution is 2.41. The third-order valence-electron chi connectivity index (χ3n) is 2.31. The van der Waals surface area contributed by atoms with Gasteiger partial charge in [0, 0.05) is 0 Å². The molecule has 0 heterocycles. The maximum absolute atomic E-state index is 5.70. The Balaban J connectivity index is 2.33. The molecule has 2 rings (SSSR count). The Bertz CT molecular complexity index is 292. The fraction of sp³-hybridized carbons (Fsp3) is 0.400. The van der Waals surface area contributed by atoms with E-state index in [1.807, 2.05) is 12.1 Å². The summed E-state index contributed by atoms with van der Waals surface area (Å²) in [6.45, 7) is 0. The third kappa shape index (κ3) is 1.24. The highest BCUT2D eigenvalue weighted by Gasteiger charge is 2.23. The highest BCUT2D eigenvalue weighted by molar-refractivity contribution is 5.54. The van der Waals surface area contributed by atoms with Gasteiger partial charge in [0.25, 0.3) is 0 Å². The Labute approximate surface area is 72.3 Å². The number of rotatable bonds is 2. The predicted octanol–water partition coefficient (Wildman–Crippen LogP) is 2.15. The fourth-order valence-corrected chi connectivity index (χ4v) is 1.40. The Morgan fingerprint density at radius 2 is 2.17 bits per heavy atom. The van der Waals surface area contributed by atoms with E-state index in [-0.39, 0.29) is 0 Å². The summed E-state index contributed by atoms with van der Waals surface area (Å²) in [4.78, 5) is 0. The normalized spacial score (nSPS) is 16.1. The molecule has 0 aliphatic heterocycles. The molecule has 1 aliphatic carbocycles. The van der Waals surface area contributed by atoms with E-state index in [0.29, 0.717) is 0 Å². The van der Waals surface area contributed by atoms with Crippen molar-refractivity contribution in [1.82, 2.24) is 0 Å². The van der Waals surface area contributed by atoms with E-state index < -0.39 is 0 Å². The van der Waals surface area contributed by atoms with Crippen molar-refractivity contribution in [2.24, 2.45) is 0 Å². The highest BCUT2D eigenvalue weighted by atomic mass is 16.5. The lowest BCUT2D eigenvalue weighted by Crippen LogP contribution is -1.93. The number of nitrogens with two attached hydrogens (primary N) is 1. The predicted molar refractivity (Wildman–Crippen MR) is 49.4 cm³/mol. The van der Waals surface area contributed by atoms with Gasteiger partial charge in [0.2, 0.25) is 0 Å². The van der Waals surface area contributed by atoms with Crippen LogP contribution in [0.4, 0.5) is 5.69 Å². The summed E-state index contributed by atoms with van der Waals surface area (Å²) in [7, 11) is 1.66. The molecule has 1 saturated carbocycles. The zero-order valence-electron chi connectivity index (χ0n) is 7.21. The van der Waals surface area contributed by atoms with Crippen molar-refractivity contribution >= 4 is 5.69 Å². The number of anilines is 1. The van der Waals surface area contributed by atoms with Crippen LogP contribution in [0, 0.1) is 0 Å². The maximum atomic E-state index is 5.70. The van der Waals surface area contributed by atoms with E-state index in [9.17, 15) is 0 Å². The molecule has 2 N–H and O–H groups in total. The Hall–Kier alpha value is -1.18. The summed E-state index contributed by atoms with van der Waals surface area (Å²) in [5, 5.41) is 0. The minimum absolute atomic E-state index is 0.724. The van der Waals surface area contributed by atoms with E-state index in [4.69, 9.17) is 10.5 Å². The van der Waals surface area contributed by atoms with Crippen molar-refractivity contribution < 1.29 is 4.74 Å². The van der Waals surface area contributed by atoms with Gasteiger partial charge >= 0.3 is 0 Å². The summed E-state index contributed by atoms with van der Waals surface area (Å²) in [6, 6.07) is 6.06. The lowest BCUT2D eigenvalue weighted by Gasteiger charge is -2.05. The zero-order valence-corrected chi connectivity index (χ0v) is 7.21. The molecular weight excluding hydrogens is 150 g/mol. The van der Waals surface area contributed by atoms with Crippen LogP contribution in [0.15, 0.2) is 18.2 Å². The molecule has 0 saturated heterocycles. The standard InChI is InChI=1S/C10H13NO/c1-12-10-6-8(7-2-3-7)4-5-9(10)11/h4-7H,2-3,11H2,1H3. The SMILES string of the molecule is COc1cc(C2CC2)ccc1N. The van der Waals surface area contributed by atoms with E-state index in [2.05, 4.69) is 6.07 Å². The van der Waals surface area contributed by atoms with Crippen molar-refractivity contribution in [3.8, 4) is 5.75 Å². The van der Waals surface area contributed by atoms with Crippen LogP contribution in [-0.4, -0.2) is 7.11 Å². The van der Waals surface area contributed by atoms with E-state index >= 15 is 0 Å². The second-order valence-corrected chi connectivity index (χ2v) is 3.28. The van der Waals surface area contributed by atoms with Crippen LogP contribution in [0.25, 0.3) is 0 Å². The lowest BCUT2D eigenvalue weighted by atomic mass is 10.1. The molecule has 0 amide bonds. The summed E-state index contributed by atoms with van der Waals surface area (Å²) in [5.41, 5.74) is 7.78. The summed E-state index contributed by atoms with van der Waals surface area (Å²) in [5.74, 6) is 1.57. The molecule has 2 nitrogen and oxygen atoms in total. The topological polar surface area (TPSA) is 35.2 Å². The van der Waals surface area contributed by atoms with Crippen LogP contribution >= 0.6 is 0 Å². The molecule has 0 bridgehead atoms. The zero-order chi connectivity index (χ0) is 8.55. The van der Waals surface area contributed by atoms with E-state index in [1.54, 1.807) is 7.11 Å². The minimum Gasteiger partial charge on any atom is -0.495 e. The van der Waals surface area contributed by atoms with Gasteiger partial charge in [-0.05, 0) is 36.5 Å². The van der Waals surface area contributed by atoms with Gasteiger partial charge in [-0.15, -0.1) is 0 Å². The number of nitrogen functional groups attached to an aromatic ring is 1. The Morgan fingerprint density at radius 3 is 2.75 bits per heavy atom. The largest absolute Gasteiger partial charge is 0.495 e. The van der Waals surface area contributed by atoms with Gasteiger partial charge in [0.05, 0.1) is 12.8 Å². The molecule has 1 aliphatic rings. The molecule has 0 atom stereocenters. The lowest BCUT2D eigenvalue weighted by molar-refractivity contribution is 0.416. The number of ether oxygens (including phenoxy) is 1. The first kappa shape index (κ1) is 7.47. The molecule has 0 radical (unpaired) electrons. The first-order valence-corrected chi connectivity index (χ1v) is 4.24. The van der Waals surface area contributed by atoms with Crippen LogP contribution in [0.2, 0.25) is 0 Å². The summed E-state index contributed by atoms with van der Waals surface area (Å²) < 4.78 is 5.14. The average molecular weight is 163 g/mol. The summed E-state index contributed by atoms with van der Waals surface area (Å²) >= 11 is 0. The first-order chi connectivity index (χ1) is 5.81. The quantitative estimate of drug-likeness (QED) is 0.678. The number of hydrogen-bond acceptors (Lipinski definition) is 2. The van der Waals surface area contributed by atoms with Crippen LogP contribution in [0.3, 0.4) is 0 Å². The van der Waals surface area contributed by atoms with Crippen molar-refractivity contribution in [2.75, 3.05) is 12.8 Å². The molecule has 0 spiro atoms. The monoisotopic (exact) mass is 163 g/mol. The molecule has 2 heteroatoms. The Kier molecular flexibility index (Phi) is 1.68. The van der Waals surface area contributed by atoms with Crippen LogP contribution in [0.5, 0.6) is 5.75 Å². The van der Waals surface area contributed by atoms with Gasteiger partial charge in [-0.1, -0.05) is 6.07 Å². The molecule has 12 heavy (non-hydrogen) atoms. The van der Waals surface area contributed by atoms with Crippen molar-refractivity contribution in [3.63, 3.8) is 0 Å². The van der Waals surface area contributed by atoms with Gasteiger partial charge in [-0.3, -0.25) is 0 Å². The van der Waals surface area contributed by atoms with Crippen LogP contribution in [0.1, 0.15) is 24.3 Å². The fourth-order valence-electron chi connectivity index (χ4n) is 1.40. The van der Waals surface area contributed by atoms with Crippen LogP contribution in [-0.2, 0) is 0 Å². The van der Waals surface area contributed by atoms with Gasteiger partial charge < -0.3 is 10.5 Å². The third-order valence-corrected chi connectivity index (χ3v) is 2.31. The van der Waals surface area contributed by atoms with Gasteiger partial charge in [0.15, 0.2) is 0 Å². The van der Waals surface area contributed by atoms with Crippen molar-refractivity contribution in [2.45, 2.75) is 18.8 Å². The smallest absolute Gasteiger partial charge is 0.142 e. The number of benzene rings is 1. The molecule has 1 aromatic carbocycles. The minimum atomic E-state index is 0.724. The second kappa shape index (κ2) is 2.70.